The quantitative estimate of drug-likeness (QED) is 0.869. The van der Waals surface area contributed by atoms with E-state index in [0.29, 0.717) is 4.68 Å². The summed E-state index contributed by atoms with van der Waals surface area (Å²) < 4.78 is 53.4. The minimum absolute atomic E-state index is 0.117. The van der Waals surface area contributed by atoms with E-state index in [1.165, 1.54) is 11.6 Å². The number of alkyl halides is 2. The number of nitrogens with zero attached hydrogens (tertiary/aromatic N) is 4. The molecule has 0 atom stereocenters. The van der Waals surface area contributed by atoms with Crippen LogP contribution in [0, 0.1) is 6.92 Å². The summed E-state index contributed by atoms with van der Waals surface area (Å²) in [4.78, 5) is -0.342. The van der Waals surface area contributed by atoms with Gasteiger partial charge in [-0.3, -0.25) is 4.68 Å². The van der Waals surface area contributed by atoms with Gasteiger partial charge in [0.05, 0.1) is 24.1 Å². The van der Waals surface area contributed by atoms with Crippen molar-refractivity contribution in [2.75, 3.05) is 0 Å². The molecule has 0 saturated carbocycles. The van der Waals surface area contributed by atoms with Crippen molar-refractivity contribution in [2.24, 2.45) is 7.05 Å². The van der Waals surface area contributed by atoms with Crippen molar-refractivity contribution in [3.05, 3.63) is 27.8 Å². The molecule has 0 aromatic carbocycles. The molecule has 2 aromatic heterocycles. The summed E-state index contributed by atoms with van der Waals surface area (Å²) in [6.45, 7) is -1.92. The van der Waals surface area contributed by atoms with Gasteiger partial charge in [-0.15, -0.1) is 0 Å². The lowest BCUT2D eigenvalue weighted by Crippen LogP contribution is -2.24. The second-order valence-electron chi connectivity index (χ2n) is 4.32. The highest BCUT2D eigenvalue weighted by Gasteiger charge is 2.24. The standard InChI is InChI=1S/C10H11Cl2F2N5O2S/c1-5-7(4-15-19(5)10(13)14)22(20,21)16-3-6-8(11)9(12)18(2)17-6/h4,10,16H,3H2,1-2H3. The lowest BCUT2D eigenvalue weighted by atomic mass is 10.4. The number of aromatic nitrogens is 4. The zero-order valence-electron chi connectivity index (χ0n) is 11.4. The van der Waals surface area contributed by atoms with Crippen LogP contribution in [0.1, 0.15) is 17.9 Å². The number of nitrogens with one attached hydrogen (secondary N) is 1. The molecule has 7 nitrogen and oxygen atoms in total. The molecule has 0 radical (unpaired) electrons. The molecule has 0 aliphatic rings. The van der Waals surface area contributed by atoms with Crippen LogP contribution < -0.4 is 4.72 Å². The molecule has 0 aliphatic carbocycles. The first kappa shape index (κ1) is 17.1. The predicted octanol–water partition coefficient (Wildman–Crippen LogP) is 2.11. The van der Waals surface area contributed by atoms with E-state index in [-0.39, 0.29) is 33.0 Å². The highest BCUT2D eigenvalue weighted by molar-refractivity contribution is 7.89. The van der Waals surface area contributed by atoms with E-state index in [1.807, 2.05) is 0 Å². The van der Waals surface area contributed by atoms with Gasteiger partial charge in [-0.1, -0.05) is 23.2 Å². The Hall–Kier alpha value is -1.23. The normalized spacial score (nSPS) is 12.3. The van der Waals surface area contributed by atoms with Gasteiger partial charge in [0.2, 0.25) is 10.0 Å². The zero-order chi connectivity index (χ0) is 16.7. The van der Waals surface area contributed by atoms with Gasteiger partial charge in [-0.2, -0.15) is 19.0 Å². The van der Waals surface area contributed by atoms with Crippen LogP contribution in [0.15, 0.2) is 11.1 Å². The maximum atomic E-state index is 12.6. The molecule has 0 amide bonds. The van der Waals surface area contributed by atoms with Crippen molar-refractivity contribution >= 4 is 33.2 Å². The number of aryl methyl sites for hydroxylation is 1. The fourth-order valence-electron chi connectivity index (χ4n) is 1.75. The molecular weight excluding hydrogens is 363 g/mol. The lowest BCUT2D eigenvalue weighted by molar-refractivity contribution is 0.0541. The van der Waals surface area contributed by atoms with Gasteiger partial charge in [0.1, 0.15) is 15.1 Å². The average molecular weight is 374 g/mol. The molecule has 0 fully saturated rings. The Balaban J connectivity index is 2.23. The first-order valence-electron chi connectivity index (χ1n) is 5.84. The van der Waals surface area contributed by atoms with Crippen LogP contribution in [0.2, 0.25) is 10.2 Å². The third-order valence-corrected chi connectivity index (χ3v) is 5.32. The van der Waals surface area contributed by atoms with Crippen LogP contribution in [-0.2, 0) is 23.6 Å². The number of sulfonamides is 1. The van der Waals surface area contributed by atoms with Gasteiger partial charge >= 0.3 is 6.55 Å². The second kappa shape index (κ2) is 6.11. The Morgan fingerprint density at radius 2 is 2.05 bits per heavy atom. The lowest BCUT2D eigenvalue weighted by Gasteiger charge is -2.06. The first-order chi connectivity index (χ1) is 10.1. The van der Waals surface area contributed by atoms with Gasteiger partial charge in [-0.25, -0.2) is 17.8 Å². The molecular formula is C10H11Cl2F2N5O2S. The number of halogens is 4. The molecule has 2 aromatic rings. The van der Waals surface area contributed by atoms with E-state index in [4.69, 9.17) is 23.2 Å². The Kier molecular flexibility index (Phi) is 4.76. The molecule has 1 N–H and O–H groups in total. The summed E-state index contributed by atoms with van der Waals surface area (Å²) in [7, 11) is -2.50. The van der Waals surface area contributed by atoms with Crippen LogP contribution in [0.25, 0.3) is 0 Å². The maximum absolute atomic E-state index is 12.6. The molecule has 12 heteroatoms. The Morgan fingerprint density at radius 1 is 1.41 bits per heavy atom. The molecule has 22 heavy (non-hydrogen) atoms. The molecule has 0 unspecified atom stereocenters. The smallest absolute Gasteiger partial charge is 0.255 e. The third kappa shape index (κ3) is 3.09. The number of hydrogen-bond donors (Lipinski definition) is 1. The monoisotopic (exact) mass is 373 g/mol. The van der Waals surface area contributed by atoms with E-state index >= 15 is 0 Å². The molecule has 0 aliphatic heterocycles. The summed E-state index contributed by atoms with van der Waals surface area (Å²) >= 11 is 11.7. The van der Waals surface area contributed by atoms with E-state index in [0.717, 1.165) is 6.20 Å². The Labute approximate surface area is 134 Å². The van der Waals surface area contributed by atoms with Gasteiger partial charge in [0.25, 0.3) is 0 Å². The minimum Gasteiger partial charge on any atom is -0.255 e. The van der Waals surface area contributed by atoms with Crippen molar-refractivity contribution < 1.29 is 17.2 Å². The van der Waals surface area contributed by atoms with Gasteiger partial charge in [-0.05, 0) is 6.92 Å². The highest BCUT2D eigenvalue weighted by atomic mass is 35.5. The molecule has 2 rings (SSSR count). The second-order valence-corrected chi connectivity index (χ2v) is 6.79. The predicted molar refractivity (Wildman–Crippen MR) is 75.5 cm³/mol. The van der Waals surface area contributed by atoms with Crippen LogP contribution in [0.3, 0.4) is 0 Å². The molecule has 0 bridgehead atoms. The summed E-state index contributed by atoms with van der Waals surface area (Å²) in [6, 6.07) is 0. The van der Waals surface area contributed by atoms with Crippen LogP contribution >= 0.6 is 23.2 Å². The van der Waals surface area contributed by atoms with Gasteiger partial charge < -0.3 is 0 Å². The average Bonchev–Trinajstić information content (AvgIpc) is 2.93. The van der Waals surface area contributed by atoms with Crippen molar-refractivity contribution in [1.82, 2.24) is 24.3 Å². The van der Waals surface area contributed by atoms with Crippen molar-refractivity contribution in [3.8, 4) is 0 Å². The molecule has 0 saturated heterocycles. The first-order valence-corrected chi connectivity index (χ1v) is 8.08. The van der Waals surface area contributed by atoms with E-state index in [1.54, 1.807) is 7.05 Å². The molecule has 2 heterocycles. The largest absolute Gasteiger partial charge is 0.333 e. The number of hydrogen-bond acceptors (Lipinski definition) is 4. The van der Waals surface area contributed by atoms with Crippen molar-refractivity contribution in [2.45, 2.75) is 24.9 Å². The topological polar surface area (TPSA) is 81.8 Å². The van der Waals surface area contributed by atoms with Gasteiger partial charge in [0, 0.05) is 7.05 Å². The fourth-order valence-corrected chi connectivity index (χ4v) is 3.28. The summed E-state index contributed by atoms with van der Waals surface area (Å²) in [5, 5.41) is 7.58. The van der Waals surface area contributed by atoms with Crippen molar-refractivity contribution in [3.63, 3.8) is 0 Å². The molecule has 0 spiro atoms. The Bertz CT molecular complexity index is 803. The maximum Gasteiger partial charge on any atom is 0.333 e. The van der Waals surface area contributed by atoms with E-state index in [9.17, 15) is 17.2 Å². The third-order valence-electron chi connectivity index (χ3n) is 2.89. The van der Waals surface area contributed by atoms with Crippen molar-refractivity contribution in [1.29, 1.82) is 0 Å². The number of rotatable bonds is 5. The zero-order valence-corrected chi connectivity index (χ0v) is 13.7. The van der Waals surface area contributed by atoms with Crippen LogP contribution in [0.5, 0.6) is 0 Å². The summed E-state index contributed by atoms with van der Waals surface area (Å²) in [5.41, 5.74) is 0.0456. The highest BCUT2D eigenvalue weighted by Crippen LogP contribution is 2.25. The van der Waals surface area contributed by atoms with Crippen LogP contribution in [-0.4, -0.2) is 28.0 Å². The minimum atomic E-state index is -4.04. The summed E-state index contributed by atoms with van der Waals surface area (Å²) in [6.07, 6.45) is 0.858. The van der Waals surface area contributed by atoms with E-state index in [2.05, 4.69) is 14.9 Å². The van der Waals surface area contributed by atoms with Crippen LogP contribution in [0.4, 0.5) is 8.78 Å². The van der Waals surface area contributed by atoms with Gasteiger partial charge in [0.15, 0.2) is 0 Å². The SMILES string of the molecule is Cc1c(S(=O)(=O)NCc2nn(C)c(Cl)c2Cl)cnn1C(F)F. The Morgan fingerprint density at radius 3 is 2.50 bits per heavy atom. The van der Waals surface area contributed by atoms with E-state index < -0.39 is 16.6 Å². The summed E-state index contributed by atoms with van der Waals surface area (Å²) in [5.74, 6) is 0. The molecule has 122 valence electrons. The fraction of sp³-hybridized carbons (Fsp3) is 0.400.